The number of aliphatic imine (C=N–C) groups is 1. The van der Waals surface area contributed by atoms with Gasteiger partial charge in [-0.3, -0.25) is 4.79 Å². The Labute approximate surface area is 138 Å². The van der Waals surface area contributed by atoms with Crippen molar-refractivity contribution in [1.82, 2.24) is 5.32 Å². The van der Waals surface area contributed by atoms with Gasteiger partial charge in [-0.15, -0.1) is 0 Å². The molecule has 1 amide bonds. The van der Waals surface area contributed by atoms with Gasteiger partial charge in [-0.1, -0.05) is 42.1 Å². The first kappa shape index (κ1) is 14.3. The van der Waals surface area contributed by atoms with Gasteiger partial charge in [-0.05, 0) is 35.7 Å². The minimum absolute atomic E-state index is 0.118. The maximum atomic E-state index is 12.3. The summed E-state index contributed by atoms with van der Waals surface area (Å²) in [5.41, 5.74) is 1.12. The average Bonchev–Trinajstić information content (AvgIpc) is 3.29. The molecule has 1 fully saturated rings. The normalized spacial score (nSPS) is 19.6. The van der Waals surface area contributed by atoms with Gasteiger partial charge in [0, 0.05) is 6.04 Å². The van der Waals surface area contributed by atoms with E-state index in [1.165, 1.54) is 11.8 Å². The number of carbonyl (C=O) groups is 1. The topological polar surface area (TPSA) is 61.7 Å². The molecule has 0 saturated heterocycles. The van der Waals surface area contributed by atoms with Crippen LogP contribution in [0.25, 0.3) is 10.8 Å². The number of benzene rings is 2. The van der Waals surface area contributed by atoms with Gasteiger partial charge >= 0.3 is 0 Å². The van der Waals surface area contributed by atoms with Crippen molar-refractivity contribution >= 4 is 39.2 Å². The molecule has 1 aliphatic carbocycles. The summed E-state index contributed by atoms with van der Waals surface area (Å²) in [6, 6.07) is 14.3. The van der Waals surface area contributed by atoms with E-state index in [1.54, 1.807) is 0 Å². The summed E-state index contributed by atoms with van der Waals surface area (Å²) in [4.78, 5) is 16.9. The van der Waals surface area contributed by atoms with Gasteiger partial charge < -0.3 is 10.4 Å². The molecule has 116 valence electrons. The first-order valence-electron chi connectivity index (χ1n) is 7.64. The van der Waals surface area contributed by atoms with E-state index in [-0.39, 0.29) is 17.7 Å². The second-order valence-corrected chi connectivity index (χ2v) is 6.77. The van der Waals surface area contributed by atoms with Crippen LogP contribution in [-0.4, -0.2) is 27.9 Å². The maximum Gasteiger partial charge on any atom is 0.257 e. The molecular formula is C18H16N2O2S. The number of fused-ring (bicyclic) bond motifs is 1. The van der Waals surface area contributed by atoms with Crippen LogP contribution in [0, 0.1) is 0 Å². The fraction of sp³-hybridized carbons (Fsp3) is 0.222. The van der Waals surface area contributed by atoms with E-state index in [1.807, 2.05) is 36.4 Å². The molecule has 5 heteroatoms. The van der Waals surface area contributed by atoms with E-state index in [0.717, 1.165) is 29.3 Å². The fourth-order valence-corrected chi connectivity index (χ4v) is 3.51. The number of nitrogens with zero attached hydrogens (tertiary/aromatic N) is 1. The molecule has 1 saturated carbocycles. The Morgan fingerprint density at radius 2 is 1.96 bits per heavy atom. The minimum Gasteiger partial charge on any atom is -0.510 e. The summed E-state index contributed by atoms with van der Waals surface area (Å²) in [5, 5.41) is 15.8. The predicted molar refractivity (Wildman–Crippen MR) is 94.3 cm³/mol. The monoisotopic (exact) mass is 324 g/mol. The van der Waals surface area contributed by atoms with E-state index in [2.05, 4.69) is 16.4 Å². The second-order valence-electron chi connectivity index (χ2n) is 5.81. The number of rotatable bonds is 3. The lowest BCUT2D eigenvalue weighted by Gasteiger charge is -2.06. The van der Waals surface area contributed by atoms with Crippen LogP contribution in [0.4, 0.5) is 5.69 Å². The standard InChI is InChI=1S/C18H16N2O2S/c21-15-10-23-18(16(15)17(22)19-13-7-8-13)20-14-6-5-11-3-1-2-4-12(11)9-14/h1-6,9,13,21H,7-8,10H2,(H,19,22). The van der Waals surface area contributed by atoms with E-state index in [4.69, 9.17) is 0 Å². The lowest BCUT2D eigenvalue weighted by molar-refractivity contribution is -0.117. The predicted octanol–water partition coefficient (Wildman–Crippen LogP) is 3.71. The van der Waals surface area contributed by atoms with Crippen LogP contribution in [-0.2, 0) is 4.79 Å². The number of nitrogens with one attached hydrogen (secondary N) is 1. The Morgan fingerprint density at radius 3 is 2.74 bits per heavy atom. The zero-order chi connectivity index (χ0) is 15.8. The Hall–Kier alpha value is -2.27. The molecule has 0 atom stereocenters. The van der Waals surface area contributed by atoms with Gasteiger partial charge in [0.25, 0.3) is 5.91 Å². The molecule has 23 heavy (non-hydrogen) atoms. The minimum atomic E-state index is -0.213. The Balaban J connectivity index is 1.66. The second kappa shape index (κ2) is 5.74. The molecule has 4 nitrogen and oxygen atoms in total. The first-order valence-corrected chi connectivity index (χ1v) is 8.63. The van der Waals surface area contributed by atoms with Crippen molar-refractivity contribution in [3.05, 3.63) is 53.8 Å². The molecule has 0 radical (unpaired) electrons. The highest BCUT2D eigenvalue weighted by molar-refractivity contribution is 8.15. The smallest absolute Gasteiger partial charge is 0.257 e. The van der Waals surface area contributed by atoms with Crippen LogP contribution >= 0.6 is 11.8 Å². The first-order chi connectivity index (χ1) is 11.2. The third-order valence-electron chi connectivity index (χ3n) is 3.95. The lowest BCUT2D eigenvalue weighted by Crippen LogP contribution is -2.29. The molecule has 2 aromatic carbocycles. The molecule has 0 aromatic heterocycles. The number of hydrogen-bond donors (Lipinski definition) is 2. The van der Waals surface area contributed by atoms with Gasteiger partial charge in [0.05, 0.1) is 11.4 Å². The van der Waals surface area contributed by atoms with Gasteiger partial charge in [-0.2, -0.15) is 0 Å². The Bertz CT molecular complexity index is 853. The van der Waals surface area contributed by atoms with Gasteiger partial charge in [-0.25, -0.2) is 4.99 Å². The van der Waals surface area contributed by atoms with Gasteiger partial charge in [0.2, 0.25) is 0 Å². The maximum absolute atomic E-state index is 12.3. The Morgan fingerprint density at radius 1 is 1.17 bits per heavy atom. The number of thioether (sulfide) groups is 1. The molecule has 2 aliphatic rings. The summed E-state index contributed by atoms with van der Waals surface area (Å²) in [7, 11) is 0. The van der Waals surface area contributed by atoms with E-state index in [9.17, 15) is 9.90 Å². The molecule has 2 N–H and O–H groups in total. The third-order valence-corrected chi connectivity index (χ3v) is 4.94. The van der Waals surface area contributed by atoms with Crippen molar-refractivity contribution < 1.29 is 9.90 Å². The molecule has 1 heterocycles. The van der Waals surface area contributed by atoms with Crippen molar-refractivity contribution in [1.29, 1.82) is 0 Å². The van der Waals surface area contributed by atoms with Gasteiger partial charge in [0.1, 0.15) is 16.4 Å². The number of hydrogen-bond acceptors (Lipinski definition) is 4. The number of aliphatic hydroxyl groups is 1. The van der Waals surface area contributed by atoms with Crippen molar-refractivity contribution in [2.24, 2.45) is 4.99 Å². The average molecular weight is 324 g/mol. The quantitative estimate of drug-likeness (QED) is 0.905. The summed E-state index contributed by atoms with van der Waals surface area (Å²) < 4.78 is 0. The third kappa shape index (κ3) is 2.97. The highest BCUT2D eigenvalue weighted by Crippen LogP contribution is 2.31. The summed E-state index contributed by atoms with van der Waals surface area (Å²) in [6.45, 7) is 0. The summed E-state index contributed by atoms with van der Waals surface area (Å²) >= 11 is 1.40. The van der Waals surface area contributed by atoms with Crippen LogP contribution in [0.2, 0.25) is 0 Å². The molecule has 0 bridgehead atoms. The number of amides is 1. The molecule has 0 spiro atoms. The van der Waals surface area contributed by atoms with Crippen LogP contribution < -0.4 is 5.32 Å². The summed E-state index contributed by atoms with van der Waals surface area (Å²) in [6.07, 6.45) is 2.04. The molecule has 0 unspecified atom stereocenters. The SMILES string of the molecule is O=C(NC1CC1)C1=C(O)CSC1=Nc1ccc2ccccc2c1. The Kier molecular flexibility index (Phi) is 3.58. The molecule has 1 aliphatic heterocycles. The van der Waals surface area contributed by atoms with Crippen LogP contribution in [0.15, 0.2) is 58.8 Å². The molecule has 4 rings (SSSR count). The van der Waals surface area contributed by atoms with E-state index >= 15 is 0 Å². The highest BCUT2D eigenvalue weighted by Gasteiger charge is 2.32. The highest BCUT2D eigenvalue weighted by atomic mass is 32.2. The largest absolute Gasteiger partial charge is 0.510 e. The molecular weight excluding hydrogens is 308 g/mol. The number of carbonyl (C=O) groups excluding carboxylic acids is 1. The van der Waals surface area contributed by atoms with Crippen molar-refractivity contribution in [3.8, 4) is 0 Å². The number of aliphatic hydroxyl groups excluding tert-OH is 1. The summed E-state index contributed by atoms with van der Waals surface area (Å²) in [5.74, 6) is 0.307. The van der Waals surface area contributed by atoms with Crippen molar-refractivity contribution in [2.45, 2.75) is 18.9 Å². The van der Waals surface area contributed by atoms with Crippen LogP contribution in [0.1, 0.15) is 12.8 Å². The lowest BCUT2D eigenvalue weighted by atomic mass is 10.1. The van der Waals surface area contributed by atoms with Crippen molar-refractivity contribution in [3.63, 3.8) is 0 Å². The van der Waals surface area contributed by atoms with Crippen LogP contribution in [0.5, 0.6) is 0 Å². The van der Waals surface area contributed by atoms with E-state index in [0.29, 0.717) is 16.4 Å². The zero-order valence-corrected chi connectivity index (χ0v) is 13.3. The zero-order valence-electron chi connectivity index (χ0n) is 12.5. The van der Waals surface area contributed by atoms with Gasteiger partial charge in [0.15, 0.2) is 0 Å². The molecule has 2 aromatic rings. The fourth-order valence-electron chi connectivity index (χ4n) is 2.57. The van der Waals surface area contributed by atoms with Crippen molar-refractivity contribution in [2.75, 3.05) is 5.75 Å². The van der Waals surface area contributed by atoms with Crippen LogP contribution in [0.3, 0.4) is 0 Å². The van der Waals surface area contributed by atoms with E-state index < -0.39 is 0 Å².